The maximum Gasteiger partial charge on any atom is 0.305 e. The molecular weight excluding hydrogens is 252 g/mol. The smallest absolute Gasteiger partial charge is 0.305 e. The lowest BCUT2D eigenvalue weighted by Gasteiger charge is -2.00. The topological polar surface area (TPSA) is 46.5 Å². The van der Waals surface area contributed by atoms with Crippen LogP contribution in [0.4, 0.5) is 0 Å². The predicted molar refractivity (Wildman–Crippen MR) is 83.6 cm³/mol. The van der Waals surface area contributed by atoms with Gasteiger partial charge in [-0.05, 0) is 38.5 Å². The highest BCUT2D eigenvalue weighted by molar-refractivity contribution is 5.68. The van der Waals surface area contributed by atoms with E-state index in [1.807, 2.05) is 0 Å². The van der Waals surface area contributed by atoms with Gasteiger partial charge in [-0.2, -0.15) is 0 Å². The molecular formula is C17H32O3. The quantitative estimate of drug-likeness (QED) is 0.292. The minimum Gasteiger partial charge on any atom is -0.469 e. The summed E-state index contributed by atoms with van der Waals surface area (Å²) in [5.74, 6) is -0.0908. The Hall–Kier alpha value is -0.830. The molecule has 0 amide bonds. The first kappa shape index (κ1) is 19.2. The van der Waals surface area contributed by atoms with Gasteiger partial charge in [-0.1, -0.05) is 44.3 Å². The van der Waals surface area contributed by atoms with Crippen molar-refractivity contribution in [1.29, 1.82) is 0 Å². The standard InChI is InChI=1S/C17H32O3/c1-20-17(19)15-13-11-9-7-5-3-2-4-6-8-10-12-14-16-18/h2,4,18H,3,5-16H2,1H3/b4-2+. The second kappa shape index (κ2) is 16.2. The van der Waals surface area contributed by atoms with Crippen molar-refractivity contribution in [3.05, 3.63) is 12.2 Å². The van der Waals surface area contributed by atoms with E-state index in [0.717, 1.165) is 25.7 Å². The van der Waals surface area contributed by atoms with Crippen molar-refractivity contribution < 1.29 is 14.6 Å². The number of unbranched alkanes of at least 4 members (excludes halogenated alkanes) is 9. The fourth-order valence-electron chi connectivity index (χ4n) is 2.13. The van der Waals surface area contributed by atoms with Crippen molar-refractivity contribution >= 4 is 5.97 Å². The molecule has 1 N–H and O–H groups in total. The summed E-state index contributed by atoms with van der Waals surface area (Å²) in [6.07, 6.45) is 17.8. The van der Waals surface area contributed by atoms with Gasteiger partial charge >= 0.3 is 5.97 Å². The largest absolute Gasteiger partial charge is 0.469 e. The Labute approximate surface area is 124 Å². The Morgan fingerprint density at radius 2 is 1.35 bits per heavy atom. The van der Waals surface area contributed by atoms with Crippen molar-refractivity contribution in [2.45, 2.75) is 77.0 Å². The first-order valence-corrected chi connectivity index (χ1v) is 8.14. The lowest BCUT2D eigenvalue weighted by molar-refractivity contribution is -0.140. The van der Waals surface area contributed by atoms with Gasteiger partial charge in [0.2, 0.25) is 0 Å². The van der Waals surface area contributed by atoms with Crippen LogP contribution in [0.3, 0.4) is 0 Å². The third-order valence-electron chi connectivity index (χ3n) is 3.42. The summed E-state index contributed by atoms with van der Waals surface area (Å²) in [7, 11) is 1.45. The zero-order chi connectivity index (χ0) is 14.9. The molecule has 20 heavy (non-hydrogen) atoms. The van der Waals surface area contributed by atoms with E-state index >= 15 is 0 Å². The van der Waals surface area contributed by atoms with Crippen LogP contribution >= 0.6 is 0 Å². The predicted octanol–water partition coefficient (Wildman–Crippen LogP) is 4.39. The molecule has 0 rings (SSSR count). The molecule has 0 aliphatic heterocycles. The minimum absolute atomic E-state index is 0.0908. The molecule has 0 spiro atoms. The third kappa shape index (κ3) is 15.2. The van der Waals surface area contributed by atoms with Gasteiger partial charge < -0.3 is 9.84 Å². The monoisotopic (exact) mass is 284 g/mol. The molecule has 0 fully saturated rings. The fraction of sp³-hybridized carbons (Fsp3) is 0.824. The van der Waals surface area contributed by atoms with Gasteiger partial charge in [0.1, 0.15) is 0 Å². The van der Waals surface area contributed by atoms with E-state index in [1.54, 1.807) is 0 Å². The number of esters is 1. The van der Waals surface area contributed by atoms with Gasteiger partial charge in [0.15, 0.2) is 0 Å². The number of allylic oxidation sites excluding steroid dienone is 2. The van der Waals surface area contributed by atoms with Crippen LogP contribution in [0.5, 0.6) is 0 Å². The van der Waals surface area contributed by atoms with E-state index in [1.165, 1.54) is 52.1 Å². The van der Waals surface area contributed by atoms with Gasteiger partial charge in [-0.25, -0.2) is 0 Å². The van der Waals surface area contributed by atoms with E-state index in [0.29, 0.717) is 13.0 Å². The first-order chi connectivity index (χ1) is 9.81. The number of carbonyl (C=O) groups is 1. The molecule has 3 heteroatoms. The zero-order valence-electron chi connectivity index (χ0n) is 13.1. The summed E-state index contributed by atoms with van der Waals surface area (Å²) >= 11 is 0. The van der Waals surface area contributed by atoms with Gasteiger partial charge in [-0.3, -0.25) is 4.79 Å². The maximum atomic E-state index is 10.9. The van der Waals surface area contributed by atoms with Crippen LogP contribution in [-0.4, -0.2) is 24.8 Å². The SMILES string of the molecule is COC(=O)CCCCCCC/C=C/CCCCCCO. The van der Waals surface area contributed by atoms with Gasteiger partial charge in [0.25, 0.3) is 0 Å². The van der Waals surface area contributed by atoms with Gasteiger partial charge in [0, 0.05) is 13.0 Å². The number of ether oxygens (including phenoxy) is 1. The van der Waals surface area contributed by atoms with E-state index in [9.17, 15) is 4.79 Å². The zero-order valence-corrected chi connectivity index (χ0v) is 13.1. The van der Waals surface area contributed by atoms with Crippen LogP contribution in [-0.2, 0) is 9.53 Å². The molecule has 0 aliphatic carbocycles. The summed E-state index contributed by atoms with van der Waals surface area (Å²) in [5.41, 5.74) is 0. The summed E-state index contributed by atoms with van der Waals surface area (Å²) in [6, 6.07) is 0. The minimum atomic E-state index is -0.0908. The number of hydrogen-bond acceptors (Lipinski definition) is 3. The van der Waals surface area contributed by atoms with Crippen LogP contribution in [0.15, 0.2) is 12.2 Å². The fourth-order valence-corrected chi connectivity index (χ4v) is 2.13. The third-order valence-corrected chi connectivity index (χ3v) is 3.42. The molecule has 0 aromatic rings. The van der Waals surface area contributed by atoms with Crippen LogP contribution in [0, 0.1) is 0 Å². The van der Waals surface area contributed by atoms with Crippen molar-refractivity contribution in [3.63, 3.8) is 0 Å². The Morgan fingerprint density at radius 3 is 1.90 bits per heavy atom. The summed E-state index contributed by atoms with van der Waals surface area (Å²) in [4.78, 5) is 10.9. The Balaban J connectivity index is 3.10. The van der Waals surface area contributed by atoms with Crippen LogP contribution in [0.25, 0.3) is 0 Å². The summed E-state index contributed by atoms with van der Waals surface area (Å²) in [6.45, 7) is 0.329. The van der Waals surface area contributed by atoms with E-state index in [2.05, 4.69) is 16.9 Å². The molecule has 0 atom stereocenters. The Morgan fingerprint density at radius 1 is 0.850 bits per heavy atom. The first-order valence-electron chi connectivity index (χ1n) is 8.14. The van der Waals surface area contributed by atoms with Crippen molar-refractivity contribution in [2.24, 2.45) is 0 Å². The summed E-state index contributed by atoms with van der Waals surface area (Å²) < 4.78 is 4.60. The average Bonchev–Trinajstić information content (AvgIpc) is 2.47. The highest BCUT2D eigenvalue weighted by Crippen LogP contribution is 2.09. The van der Waals surface area contributed by atoms with Crippen molar-refractivity contribution in [1.82, 2.24) is 0 Å². The van der Waals surface area contributed by atoms with Crippen LogP contribution in [0.2, 0.25) is 0 Å². The van der Waals surface area contributed by atoms with E-state index in [4.69, 9.17) is 5.11 Å². The van der Waals surface area contributed by atoms with Crippen LogP contribution < -0.4 is 0 Å². The molecule has 118 valence electrons. The van der Waals surface area contributed by atoms with Gasteiger partial charge in [-0.15, -0.1) is 0 Å². The second-order valence-electron chi connectivity index (χ2n) is 5.28. The molecule has 0 aromatic carbocycles. The molecule has 0 saturated carbocycles. The number of aliphatic hydroxyl groups excluding tert-OH is 1. The summed E-state index contributed by atoms with van der Waals surface area (Å²) in [5, 5.41) is 8.65. The Kier molecular flexibility index (Phi) is 15.6. The average molecular weight is 284 g/mol. The number of aliphatic hydroxyl groups is 1. The lowest BCUT2D eigenvalue weighted by Crippen LogP contribution is -1.98. The highest BCUT2D eigenvalue weighted by atomic mass is 16.5. The molecule has 0 radical (unpaired) electrons. The van der Waals surface area contributed by atoms with E-state index < -0.39 is 0 Å². The van der Waals surface area contributed by atoms with E-state index in [-0.39, 0.29) is 5.97 Å². The number of carbonyl (C=O) groups excluding carboxylic acids is 1. The number of methoxy groups -OCH3 is 1. The maximum absolute atomic E-state index is 10.9. The van der Waals surface area contributed by atoms with Crippen molar-refractivity contribution in [3.8, 4) is 0 Å². The second-order valence-corrected chi connectivity index (χ2v) is 5.28. The Bertz CT molecular complexity index is 236. The molecule has 3 nitrogen and oxygen atoms in total. The molecule has 0 saturated heterocycles. The van der Waals surface area contributed by atoms with Crippen LogP contribution in [0.1, 0.15) is 77.0 Å². The normalized spacial score (nSPS) is 11.1. The molecule has 0 aliphatic rings. The van der Waals surface area contributed by atoms with Crippen molar-refractivity contribution in [2.75, 3.05) is 13.7 Å². The lowest BCUT2D eigenvalue weighted by atomic mass is 10.1. The molecule has 0 aromatic heterocycles. The van der Waals surface area contributed by atoms with Gasteiger partial charge in [0.05, 0.1) is 7.11 Å². The molecule has 0 heterocycles. The molecule has 0 unspecified atom stereocenters. The number of rotatable bonds is 14. The number of hydrogen-bond donors (Lipinski definition) is 1. The molecule has 0 bridgehead atoms. The highest BCUT2D eigenvalue weighted by Gasteiger charge is 1.98.